The molecule has 0 saturated carbocycles. The Balaban J connectivity index is 2.75. The molecule has 0 heterocycles. The van der Waals surface area contributed by atoms with Crippen molar-refractivity contribution in [2.75, 3.05) is 7.11 Å². The standard InChI is InChI=1S/C12H14FNO3/c1-8(15)14-11(12(16)17-2)7-9-3-5-10(13)6-4-9/h3-6,11H,7H2,1-2H3,(H,14,15). The summed E-state index contributed by atoms with van der Waals surface area (Å²) in [5, 5.41) is 2.49. The number of methoxy groups -OCH3 is 1. The Kier molecular flexibility index (Phi) is 4.63. The number of carbonyl (C=O) groups is 2. The lowest BCUT2D eigenvalue weighted by molar-refractivity contribution is -0.144. The summed E-state index contributed by atoms with van der Waals surface area (Å²) in [4.78, 5) is 22.3. The topological polar surface area (TPSA) is 55.4 Å². The molecule has 1 aromatic carbocycles. The van der Waals surface area contributed by atoms with E-state index in [1.54, 1.807) is 12.1 Å². The average molecular weight is 239 g/mol. The Morgan fingerprint density at radius 1 is 1.35 bits per heavy atom. The Hall–Kier alpha value is -1.91. The van der Waals surface area contributed by atoms with Crippen molar-refractivity contribution >= 4 is 11.9 Å². The molecule has 0 fully saturated rings. The van der Waals surface area contributed by atoms with Gasteiger partial charge in [-0.15, -0.1) is 0 Å². The predicted molar refractivity (Wildman–Crippen MR) is 59.7 cm³/mol. The number of ether oxygens (including phenoxy) is 1. The highest BCUT2D eigenvalue weighted by atomic mass is 19.1. The maximum absolute atomic E-state index is 12.7. The minimum atomic E-state index is -0.747. The third kappa shape index (κ3) is 4.22. The van der Waals surface area contributed by atoms with E-state index in [9.17, 15) is 14.0 Å². The van der Waals surface area contributed by atoms with E-state index in [1.165, 1.54) is 26.2 Å². The molecule has 92 valence electrons. The molecule has 0 aliphatic rings. The lowest BCUT2D eigenvalue weighted by Gasteiger charge is -2.15. The number of carbonyl (C=O) groups excluding carboxylic acids is 2. The second-order valence-electron chi connectivity index (χ2n) is 3.61. The minimum absolute atomic E-state index is 0.270. The smallest absolute Gasteiger partial charge is 0.328 e. The molecule has 0 aliphatic carbocycles. The third-order valence-electron chi connectivity index (χ3n) is 2.22. The molecule has 0 bridgehead atoms. The van der Waals surface area contributed by atoms with E-state index in [0.29, 0.717) is 0 Å². The Morgan fingerprint density at radius 3 is 2.41 bits per heavy atom. The third-order valence-corrected chi connectivity index (χ3v) is 2.22. The van der Waals surface area contributed by atoms with Crippen molar-refractivity contribution in [2.24, 2.45) is 0 Å². The van der Waals surface area contributed by atoms with Gasteiger partial charge < -0.3 is 10.1 Å². The lowest BCUT2D eigenvalue weighted by atomic mass is 10.1. The zero-order valence-electron chi connectivity index (χ0n) is 9.70. The SMILES string of the molecule is COC(=O)C(Cc1ccc(F)cc1)NC(C)=O. The van der Waals surface area contributed by atoms with Crippen molar-refractivity contribution in [1.82, 2.24) is 5.32 Å². The van der Waals surface area contributed by atoms with Crippen molar-refractivity contribution in [2.45, 2.75) is 19.4 Å². The Bertz CT molecular complexity index is 403. The summed E-state index contributed by atoms with van der Waals surface area (Å²) in [6, 6.07) is 4.98. The molecule has 1 unspecified atom stereocenters. The Labute approximate surface area is 98.8 Å². The van der Waals surface area contributed by atoms with Crippen LogP contribution in [0, 0.1) is 5.82 Å². The molecule has 4 nitrogen and oxygen atoms in total. The van der Waals surface area contributed by atoms with Gasteiger partial charge in [0.2, 0.25) is 5.91 Å². The van der Waals surface area contributed by atoms with E-state index in [4.69, 9.17) is 0 Å². The highest BCUT2D eigenvalue weighted by molar-refractivity contribution is 5.83. The zero-order valence-corrected chi connectivity index (χ0v) is 9.70. The molecule has 17 heavy (non-hydrogen) atoms. The molecule has 1 atom stereocenters. The summed E-state index contributed by atoms with van der Waals surface area (Å²) in [5.74, 6) is -1.19. The van der Waals surface area contributed by atoms with Gasteiger partial charge in [0.05, 0.1) is 7.11 Å². The van der Waals surface area contributed by atoms with Gasteiger partial charge in [-0.2, -0.15) is 0 Å². The summed E-state index contributed by atoms with van der Waals surface area (Å²) in [6.07, 6.45) is 0.270. The summed E-state index contributed by atoms with van der Waals surface area (Å²) in [7, 11) is 1.25. The first kappa shape index (κ1) is 13.2. The maximum atomic E-state index is 12.7. The predicted octanol–water partition coefficient (Wildman–Crippen LogP) is 1.05. The van der Waals surface area contributed by atoms with Gasteiger partial charge in [-0.25, -0.2) is 9.18 Å². The first-order valence-corrected chi connectivity index (χ1v) is 5.12. The van der Waals surface area contributed by atoms with Crippen LogP contribution < -0.4 is 5.32 Å². The van der Waals surface area contributed by atoms with Crippen molar-refractivity contribution < 1.29 is 18.7 Å². The van der Waals surface area contributed by atoms with Crippen molar-refractivity contribution in [1.29, 1.82) is 0 Å². The molecule has 0 saturated heterocycles. The van der Waals surface area contributed by atoms with Gasteiger partial charge in [0.25, 0.3) is 0 Å². The number of rotatable bonds is 4. The van der Waals surface area contributed by atoms with E-state index >= 15 is 0 Å². The van der Waals surface area contributed by atoms with Crippen molar-refractivity contribution in [3.63, 3.8) is 0 Å². The molecule has 0 aliphatic heterocycles. The van der Waals surface area contributed by atoms with Crippen LogP contribution in [-0.4, -0.2) is 25.0 Å². The summed E-state index contributed by atoms with van der Waals surface area (Å²) < 4.78 is 17.3. The molecular weight excluding hydrogens is 225 g/mol. The van der Waals surface area contributed by atoms with Crippen LogP contribution in [-0.2, 0) is 20.7 Å². The van der Waals surface area contributed by atoms with E-state index in [1.807, 2.05) is 0 Å². The van der Waals surface area contributed by atoms with Gasteiger partial charge >= 0.3 is 5.97 Å². The summed E-state index contributed by atoms with van der Waals surface area (Å²) >= 11 is 0. The van der Waals surface area contributed by atoms with E-state index in [0.717, 1.165) is 5.56 Å². The largest absolute Gasteiger partial charge is 0.467 e. The van der Waals surface area contributed by atoms with Crippen LogP contribution in [0.3, 0.4) is 0 Å². The molecule has 0 radical (unpaired) electrons. The fourth-order valence-corrected chi connectivity index (χ4v) is 1.44. The van der Waals surface area contributed by atoms with Gasteiger partial charge in [-0.05, 0) is 17.7 Å². The highest BCUT2D eigenvalue weighted by Gasteiger charge is 2.20. The van der Waals surface area contributed by atoms with E-state index < -0.39 is 12.0 Å². The van der Waals surface area contributed by atoms with Crippen LogP contribution in [0.2, 0.25) is 0 Å². The van der Waals surface area contributed by atoms with Crippen molar-refractivity contribution in [3.8, 4) is 0 Å². The number of amides is 1. The van der Waals surface area contributed by atoms with Crippen LogP contribution in [0.5, 0.6) is 0 Å². The van der Waals surface area contributed by atoms with Crippen LogP contribution in [0.4, 0.5) is 4.39 Å². The van der Waals surface area contributed by atoms with Crippen LogP contribution >= 0.6 is 0 Å². The van der Waals surface area contributed by atoms with E-state index in [2.05, 4.69) is 10.1 Å². The van der Waals surface area contributed by atoms with Gasteiger partial charge in [-0.1, -0.05) is 12.1 Å². The average Bonchev–Trinajstić information content (AvgIpc) is 2.29. The zero-order chi connectivity index (χ0) is 12.8. The van der Waals surface area contributed by atoms with Gasteiger partial charge in [0.1, 0.15) is 11.9 Å². The molecule has 0 spiro atoms. The van der Waals surface area contributed by atoms with Crippen LogP contribution in [0.1, 0.15) is 12.5 Å². The number of nitrogens with one attached hydrogen (secondary N) is 1. The fourth-order valence-electron chi connectivity index (χ4n) is 1.44. The fraction of sp³-hybridized carbons (Fsp3) is 0.333. The van der Waals surface area contributed by atoms with Crippen LogP contribution in [0.25, 0.3) is 0 Å². The normalized spacial score (nSPS) is 11.7. The number of esters is 1. The monoisotopic (exact) mass is 239 g/mol. The molecular formula is C12H14FNO3. The highest BCUT2D eigenvalue weighted by Crippen LogP contribution is 2.06. The number of halogens is 1. The van der Waals surface area contributed by atoms with Crippen molar-refractivity contribution in [3.05, 3.63) is 35.6 Å². The molecule has 1 amide bonds. The number of benzene rings is 1. The second kappa shape index (κ2) is 5.98. The van der Waals surface area contributed by atoms with Gasteiger partial charge in [0, 0.05) is 13.3 Å². The molecule has 1 aromatic rings. The molecule has 1 N–H and O–H groups in total. The number of hydrogen-bond acceptors (Lipinski definition) is 3. The summed E-state index contributed by atoms with van der Waals surface area (Å²) in [6.45, 7) is 1.32. The molecule has 1 rings (SSSR count). The first-order chi connectivity index (χ1) is 8.02. The molecule has 5 heteroatoms. The quantitative estimate of drug-likeness (QED) is 0.799. The lowest BCUT2D eigenvalue weighted by Crippen LogP contribution is -2.41. The number of hydrogen-bond donors (Lipinski definition) is 1. The maximum Gasteiger partial charge on any atom is 0.328 e. The molecule has 0 aromatic heterocycles. The summed E-state index contributed by atoms with van der Waals surface area (Å²) in [5.41, 5.74) is 0.746. The van der Waals surface area contributed by atoms with Crippen LogP contribution in [0.15, 0.2) is 24.3 Å². The van der Waals surface area contributed by atoms with E-state index in [-0.39, 0.29) is 18.1 Å². The second-order valence-corrected chi connectivity index (χ2v) is 3.61. The minimum Gasteiger partial charge on any atom is -0.467 e. The van der Waals surface area contributed by atoms with Gasteiger partial charge in [-0.3, -0.25) is 4.79 Å². The first-order valence-electron chi connectivity index (χ1n) is 5.12. The Morgan fingerprint density at radius 2 is 1.94 bits per heavy atom. The van der Waals surface area contributed by atoms with Gasteiger partial charge in [0.15, 0.2) is 0 Å².